The molecule has 2 atom stereocenters. The summed E-state index contributed by atoms with van der Waals surface area (Å²) in [6.45, 7) is 6.58. The summed E-state index contributed by atoms with van der Waals surface area (Å²) in [5.41, 5.74) is 1.40. The van der Waals surface area contributed by atoms with Crippen molar-refractivity contribution in [3.63, 3.8) is 0 Å². The molecule has 0 heterocycles. The molecule has 0 aromatic heterocycles. The second-order valence-electron chi connectivity index (χ2n) is 4.86. The van der Waals surface area contributed by atoms with Crippen LogP contribution in [0.2, 0.25) is 0 Å². The van der Waals surface area contributed by atoms with Gasteiger partial charge < -0.3 is 0 Å². The molecule has 1 aliphatic rings. The van der Waals surface area contributed by atoms with Gasteiger partial charge in [0.15, 0.2) is 5.78 Å². The highest BCUT2D eigenvalue weighted by molar-refractivity contribution is 5.90. The first-order valence-corrected chi connectivity index (χ1v) is 5.94. The van der Waals surface area contributed by atoms with E-state index in [0.717, 1.165) is 12.8 Å². The molecule has 0 bridgehead atoms. The summed E-state index contributed by atoms with van der Waals surface area (Å²) in [6.07, 6.45) is 10.4. The fourth-order valence-electron chi connectivity index (χ4n) is 2.04. The van der Waals surface area contributed by atoms with Crippen molar-refractivity contribution in [1.82, 2.24) is 0 Å². The van der Waals surface area contributed by atoms with E-state index in [1.807, 2.05) is 0 Å². The van der Waals surface area contributed by atoms with E-state index in [9.17, 15) is 4.79 Å². The van der Waals surface area contributed by atoms with Crippen LogP contribution in [-0.4, -0.2) is 5.78 Å². The SMILES string of the molecule is CC(C)=CCC[C@@H](C)C1C=CC(=O)CC1. The molecule has 0 aliphatic heterocycles. The fraction of sp³-hybridized carbons (Fsp3) is 0.643. The van der Waals surface area contributed by atoms with Crippen molar-refractivity contribution in [2.75, 3.05) is 0 Å². The first-order valence-electron chi connectivity index (χ1n) is 5.94. The number of allylic oxidation sites excluding steroid dienone is 4. The minimum atomic E-state index is 0.294. The van der Waals surface area contributed by atoms with Crippen LogP contribution in [0.3, 0.4) is 0 Å². The van der Waals surface area contributed by atoms with Gasteiger partial charge in [0.05, 0.1) is 0 Å². The maximum absolute atomic E-state index is 11.0. The van der Waals surface area contributed by atoms with Crippen LogP contribution in [0.5, 0.6) is 0 Å². The number of carbonyl (C=O) groups excluding carboxylic acids is 1. The third kappa shape index (κ3) is 4.46. The highest BCUT2D eigenvalue weighted by Gasteiger charge is 2.18. The third-order valence-corrected chi connectivity index (χ3v) is 3.16. The summed E-state index contributed by atoms with van der Waals surface area (Å²) in [6, 6.07) is 0. The van der Waals surface area contributed by atoms with E-state index in [-0.39, 0.29) is 0 Å². The predicted octanol–water partition coefficient (Wildman–Crippen LogP) is 3.90. The Hall–Kier alpha value is -0.850. The van der Waals surface area contributed by atoms with Crippen molar-refractivity contribution >= 4 is 5.78 Å². The van der Waals surface area contributed by atoms with Crippen LogP contribution < -0.4 is 0 Å². The Morgan fingerprint density at radius 1 is 1.60 bits per heavy atom. The van der Waals surface area contributed by atoms with Crippen LogP contribution in [0.25, 0.3) is 0 Å². The second kappa shape index (κ2) is 5.89. The lowest BCUT2D eigenvalue weighted by atomic mass is 9.83. The lowest BCUT2D eigenvalue weighted by Gasteiger charge is -2.22. The zero-order valence-electron chi connectivity index (χ0n) is 10.1. The van der Waals surface area contributed by atoms with Crippen LogP contribution in [0, 0.1) is 11.8 Å². The fourth-order valence-corrected chi connectivity index (χ4v) is 2.04. The highest BCUT2D eigenvalue weighted by atomic mass is 16.1. The van der Waals surface area contributed by atoms with Gasteiger partial charge in [0.2, 0.25) is 0 Å². The lowest BCUT2D eigenvalue weighted by Crippen LogP contribution is -2.15. The highest BCUT2D eigenvalue weighted by Crippen LogP contribution is 2.26. The predicted molar refractivity (Wildman–Crippen MR) is 64.7 cm³/mol. The van der Waals surface area contributed by atoms with E-state index in [1.54, 1.807) is 6.08 Å². The molecule has 1 unspecified atom stereocenters. The molecule has 0 aromatic rings. The van der Waals surface area contributed by atoms with Crippen molar-refractivity contribution in [1.29, 1.82) is 0 Å². The Kier molecular flexibility index (Phi) is 4.80. The molecule has 0 radical (unpaired) electrons. The van der Waals surface area contributed by atoms with Gasteiger partial charge in [-0.25, -0.2) is 0 Å². The molecule has 1 heteroatoms. The molecule has 0 saturated heterocycles. The van der Waals surface area contributed by atoms with Crippen LogP contribution in [0.1, 0.15) is 46.5 Å². The van der Waals surface area contributed by atoms with Gasteiger partial charge in [0, 0.05) is 6.42 Å². The molecule has 0 fully saturated rings. The molecule has 0 aromatic carbocycles. The van der Waals surface area contributed by atoms with Crippen molar-refractivity contribution in [2.45, 2.75) is 46.5 Å². The van der Waals surface area contributed by atoms with E-state index in [4.69, 9.17) is 0 Å². The van der Waals surface area contributed by atoms with Crippen molar-refractivity contribution < 1.29 is 4.79 Å². The third-order valence-electron chi connectivity index (χ3n) is 3.16. The average molecular weight is 206 g/mol. The first kappa shape index (κ1) is 12.2. The van der Waals surface area contributed by atoms with Gasteiger partial charge in [-0.3, -0.25) is 4.79 Å². The standard InChI is InChI=1S/C14H22O/c1-11(2)5-4-6-12(3)13-7-9-14(15)10-8-13/h5,7,9,12-13H,4,6,8,10H2,1-3H3/t12-,13?/m1/s1. The lowest BCUT2D eigenvalue weighted by molar-refractivity contribution is -0.115. The minimum Gasteiger partial charge on any atom is -0.295 e. The molecule has 1 rings (SSSR count). The van der Waals surface area contributed by atoms with Crippen LogP contribution in [0.4, 0.5) is 0 Å². The van der Waals surface area contributed by atoms with Crippen molar-refractivity contribution in [2.24, 2.45) is 11.8 Å². The van der Waals surface area contributed by atoms with Gasteiger partial charge in [-0.2, -0.15) is 0 Å². The smallest absolute Gasteiger partial charge is 0.155 e. The topological polar surface area (TPSA) is 17.1 Å². The molecule has 0 N–H and O–H groups in total. The van der Waals surface area contributed by atoms with E-state index in [0.29, 0.717) is 17.6 Å². The zero-order chi connectivity index (χ0) is 11.3. The Morgan fingerprint density at radius 3 is 2.87 bits per heavy atom. The summed E-state index contributed by atoms with van der Waals surface area (Å²) >= 11 is 0. The largest absolute Gasteiger partial charge is 0.295 e. The summed E-state index contributed by atoms with van der Waals surface area (Å²) in [7, 11) is 0. The van der Waals surface area contributed by atoms with E-state index < -0.39 is 0 Å². The molecular formula is C14H22O. The second-order valence-corrected chi connectivity index (χ2v) is 4.86. The van der Waals surface area contributed by atoms with Gasteiger partial charge in [-0.1, -0.05) is 24.6 Å². The average Bonchev–Trinajstić information content (AvgIpc) is 2.18. The van der Waals surface area contributed by atoms with Crippen LogP contribution in [-0.2, 0) is 4.79 Å². The molecule has 15 heavy (non-hydrogen) atoms. The molecule has 84 valence electrons. The zero-order valence-corrected chi connectivity index (χ0v) is 10.1. The maximum atomic E-state index is 11.0. The Morgan fingerprint density at radius 2 is 2.33 bits per heavy atom. The first-order chi connectivity index (χ1) is 7.09. The van der Waals surface area contributed by atoms with Gasteiger partial charge in [-0.15, -0.1) is 0 Å². The van der Waals surface area contributed by atoms with E-state index in [1.165, 1.54) is 18.4 Å². The minimum absolute atomic E-state index is 0.294. The van der Waals surface area contributed by atoms with Gasteiger partial charge in [-0.05, 0) is 51.0 Å². The maximum Gasteiger partial charge on any atom is 0.155 e. The summed E-state index contributed by atoms with van der Waals surface area (Å²) in [5, 5.41) is 0. The van der Waals surface area contributed by atoms with Gasteiger partial charge in [0.25, 0.3) is 0 Å². The number of ketones is 1. The van der Waals surface area contributed by atoms with Gasteiger partial charge >= 0.3 is 0 Å². The van der Waals surface area contributed by atoms with Crippen LogP contribution >= 0.6 is 0 Å². The number of carbonyl (C=O) groups is 1. The molecular weight excluding hydrogens is 184 g/mol. The molecule has 0 amide bonds. The molecule has 1 nitrogen and oxygen atoms in total. The van der Waals surface area contributed by atoms with E-state index >= 15 is 0 Å². The van der Waals surface area contributed by atoms with Crippen molar-refractivity contribution in [3.8, 4) is 0 Å². The van der Waals surface area contributed by atoms with Crippen LogP contribution in [0.15, 0.2) is 23.8 Å². The number of hydrogen-bond donors (Lipinski definition) is 0. The Balaban J connectivity index is 2.34. The Labute approximate surface area is 93.3 Å². The summed E-state index contributed by atoms with van der Waals surface area (Å²) in [4.78, 5) is 11.0. The van der Waals surface area contributed by atoms with E-state index in [2.05, 4.69) is 32.9 Å². The van der Waals surface area contributed by atoms with Gasteiger partial charge in [0.1, 0.15) is 0 Å². The molecule has 0 spiro atoms. The molecule has 0 saturated carbocycles. The monoisotopic (exact) mass is 206 g/mol. The summed E-state index contributed by atoms with van der Waals surface area (Å²) < 4.78 is 0. The number of hydrogen-bond acceptors (Lipinski definition) is 1. The molecule has 1 aliphatic carbocycles. The van der Waals surface area contributed by atoms with Crippen molar-refractivity contribution in [3.05, 3.63) is 23.8 Å². The normalized spacial score (nSPS) is 22.6. The number of rotatable bonds is 4. The Bertz CT molecular complexity index is 269. The quantitative estimate of drug-likeness (QED) is 0.637. The summed E-state index contributed by atoms with van der Waals surface area (Å²) in [5.74, 6) is 1.61.